The maximum absolute atomic E-state index is 6.30. The molecular formula is C18H30N2O. The van der Waals surface area contributed by atoms with Gasteiger partial charge in [-0.3, -0.25) is 11.3 Å². The summed E-state index contributed by atoms with van der Waals surface area (Å²) in [4.78, 5) is 0. The third-order valence-corrected chi connectivity index (χ3v) is 4.86. The Labute approximate surface area is 129 Å². The van der Waals surface area contributed by atoms with Crippen LogP contribution < -0.4 is 11.3 Å². The zero-order chi connectivity index (χ0) is 15.5. The lowest BCUT2D eigenvalue weighted by atomic mass is 9.72. The van der Waals surface area contributed by atoms with Crippen molar-refractivity contribution in [2.24, 2.45) is 11.8 Å². The largest absolute Gasteiger partial charge is 0.373 e. The van der Waals surface area contributed by atoms with Gasteiger partial charge in [0.25, 0.3) is 0 Å². The number of nitrogens with one attached hydrogen (secondary N) is 1. The van der Waals surface area contributed by atoms with Gasteiger partial charge in [0.05, 0.1) is 11.6 Å². The number of hydrazine groups is 1. The van der Waals surface area contributed by atoms with Gasteiger partial charge in [0.2, 0.25) is 0 Å². The van der Waals surface area contributed by atoms with Crippen molar-refractivity contribution in [2.75, 3.05) is 6.61 Å². The Kier molecular flexibility index (Phi) is 5.42. The molecule has 0 aromatic heterocycles. The van der Waals surface area contributed by atoms with Crippen LogP contribution in [0.1, 0.15) is 62.3 Å². The van der Waals surface area contributed by atoms with Crippen LogP contribution in [0, 0.1) is 19.8 Å². The van der Waals surface area contributed by atoms with Gasteiger partial charge in [-0.05, 0) is 50.7 Å². The van der Waals surface area contributed by atoms with E-state index in [-0.39, 0.29) is 11.6 Å². The van der Waals surface area contributed by atoms with E-state index >= 15 is 0 Å². The summed E-state index contributed by atoms with van der Waals surface area (Å²) in [5.74, 6) is 6.67. The summed E-state index contributed by atoms with van der Waals surface area (Å²) in [6.45, 7) is 9.43. The van der Waals surface area contributed by atoms with E-state index in [0.29, 0.717) is 5.92 Å². The van der Waals surface area contributed by atoms with Crippen molar-refractivity contribution in [3.63, 3.8) is 0 Å². The molecule has 1 aromatic rings. The van der Waals surface area contributed by atoms with Crippen molar-refractivity contribution >= 4 is 0 Å². The monoisotopic (exact) mass is 290 g/mol. The van der Waals surface area contributed by atoms with E-state index in [0.717, 1.165) is 19.4 Å². The zero-order valence-electron chi connectivity index (χ0n) is 13.9. The van der Waals surface area contributed by atoms with Crippen molar-refractivity contribution in [3.8, 4) is 0 Å². The molecule has 21 heavy (non-hydrogen) atoms. The molecule has 1 fully saturated rings. The lowest BCUT2D eigenvalue weighted by Crippen LogP contribution is -2.51. The molecule has 1 aliphatic rings. The number of nitrogens with two attached hydrogens (primary N) is 1. The van der Waals surface area contributed by atoms with Gasteiger partial charge in [0.15, 0.2) is 0 Å². The van der Waals surface area contributed by atoms with Gasteiger partial charge in [0, 0.05) is 6.61 Å². The molecule has 0 amide bonds. The Morgan fingerprint density at radius 2 is 2.19 bits per heavy atom. The topological polar surface area (TPSA) is 47.3 Å². The fourth-order valence-electron chi connectivity index (χ4n) is 3.90. The highest BCUT2D eigenvalue weighted by Crippen LogP contribution is 2.44. The fourth-order valence-corrected chi connectivity index (χ4v) is 3.90. The molecule has 1 aromatic carbocycles. The maximum Gasteiger partial charge on any atom is 0.0891 e. The van der Waals surface area contributed by atoms with E-state index in [1.165, 1.54) is 29.5 Å². The second-order valence-electron chi connectivity index (χ2n) is 6.66. The van der Waals surface area contributed by atoms with E-state index < -0.39 is 0 Å². The van der Waals surface area contributed by atoms with E-state index in [4.69, 9.17) is 10.6 Å². The first-order valence-corrected chi connectivity index (χ1v) is 8.19. The van der Waals surface area contributed by atoms with E-state index in [2.05, 4.69) is 51.3 Å². The molecule has 0 bridgehead atoms. The average Bonchev–Trinajstić information content (AvgIpc) is 2.43. The average molecular weight is 290 g/mol. The van der Waals surface area contributed by atoms with Crippen LogP contribution in [0.5, 0.6) is 0 Å². The molecule has 3 unspecified atom stereocenters. The Morgan fingerprint density at radius 3 is 2.81 bits per heavy atom. The Morgan fingerprint density at radius 1 is 1.43 bits per heavy atom. The molecular weight excluding hydrogens is 260 g/mol. The molecule has 1 saturated carbocycles. The lowest BCUT2D eigenvalue weighted by Gasteiger charge is -2.45. The van der Waals surface area contributed by atoms with Crippen LogP contribution in [0.25, 0.3) is 0 Å². The number of rotatable bonds is 5. The summed E-state index contributed by atoms with van der Waals surface area (Å²) in [5, 5.41) is 0. The van der Waals surface area contributed by atoms with Crippen LogP contribution in [-0.4, -0.2) is 12.2 Å². The highest BCUT2D eigenvalue weighted by molar-refractivity contribution is 5.35. The maximum atomic E-state index is 6.30. The summed E-state index contributed by atoms with van der Waals surface area (Å²) in [6, 6.07) is 6.64. The quantitative estimate of drug-likeness (QED) is 0.640. The summed E-state index contributed by atoms with van der Waals surface area (Å²) >= 11 is 0. The van der Waals surface area contributed by atoms with Crippen molar-refractivity contribution in [1.29, 1.82) is 0 Å². The van der Waals surface area contributed by atoms with Crippen LogP contribution in [0.4, 0.5) is 0 Å². The normalized spacial score (nSPS) is 27.6. The van der Waals surface area contributed by atoms with E-state index in [9.17, 15) is 0 Å². The predicted molar refractivity (Wildman–Crippen MR) is 88.0 cm³/mol. The van der Waals surface area contributed by atoms with Crippen LogP contribution in [0.15, 0.2) is 18.2 Å². The number of hydrogen-bond donors (Lipinski definition) is 2. The molecule has 0 saturated heterocycles. The molecule has 0 aliphatic heterocycles. The van der Waals surface area contributed by atoms with Crippen molar-refractivity contribution < 1.29 is 4.74 Å². The van der Waals surface area contributed by atoms with Crippen LogP contribution in [0.2, 0.25) is 0 Å². The number of benzene rings is 1. The minimum absolute atomic E-state index is 0.0556. The van der Waals surface area contributed by atoms with Gasteiger partial charge in [-0.1, -0.05) is 43.5 Å². The summed E-state index contributed by atoms with van der Waals surface area (Å²) in [5.41, 5.74) is 6.72. The van der Waals surface area contributed by atoms with Crippen LogP contribution in [0.3, 0.4) is 0 Å². The van der Waals surface area contributed by atoms with Crippen molar-refractivity contribution in [3.05, 3.63) is 34.9 Å². The number of ether oxygens (including phenoxy) is 1. The molecule has 2 rings (SSSR count). The fraction of sp³-hybridized carbons (Fsp3) is 0.667. The molecule has 3 N–H and O–H groups in total. The SMILES string of the molecule is CCOC1(C(NN)c2cc(C)ccc2C)CCCC(C)C1. The Balaban J connectivity index is 2.42. The first kappa shape index (κ1) is 16.5. The second kappa shape index (κ2) is 6.91. The van der Waals surface area contributed by atoms with Gasteiger partial charge in [0.1, 0.15) is 0 Å². The molecule has 118 valence electrons. The van der Waals surface area contributed by atoms with Gasteiger partial charge in [-0.15, -0.1) is 0 Å². The van der Waals surface area contributed by atoms with Crippen molar-refractivity contribution in [2.45, 2.75) is 65.0 Å². The minimum atomic E-state index is -0.181. The second-order valence-corrected chi connectivity index (χ2v) is 6.66. The minimum Gasteiger partial charge on any atom is -0.373 e. The Hall–Kier alpha value is -0.900. The molecule has 0 heterocycles. The third kappa shape index (κ3) is 3.47. The summed E-state index contributed by atoms with van der Waals surface area (Å²) in [6.07, 6.45) is 4.65. The highest BCUT2D eigenvalue weighted by atomic mass is 16.5. The van der Waals surface area contributed by atoms with Gasteiger partial charge in [-0.2, -0.15) is 0 Å². The first-order valence-electron chi connectivity index (χ1n) is 8.19. The number of hydrogen-bond acceptors (Lipinski definition) is 3. The predicted octanol–water partition coefficient (Wildman–Crippen LogP) is 3.79. The van der Waals surface area contributed by atoms with E-state index in [1.54, 1.807) is 0 Å². The van der Waals surface area contributed by atoms with Gasteiger partial charge in [-0.25, -0.2) is 0 Å². The Bertz CT molecular complexity index is 470. The highest BCUT2D eigenvalue weighted by Gasteiger charge is 2.43. The number of aryl methyl sites for hydroxylation is 2. The molecule has 0 spiro atoms. The summed E-state index contributed by atoms with van der Waals surface area (Å²) < 4.78 is 6.30. The van der Waals surface area contributed by atoms with Crippen LogP contribution >= 0.6 is 0 Å². The molecule has 1 aliphatic carbocycles. The molecule has 3 atom stereocenters. The smallest absolute Gasteiger partial charge is 0.0891 e. The van der Waals surface area contributed by atoms with Crippen LogP contribution in [-0.2, 0) is 4.74 Å². The van der Waals surface area contributed by atoms with Crippen molar-refractivity contribution in [1.82, 2.24) is 5.43 Å². The van der Waals surface area contributed by atoms with Gasteiger partial charge >= 0.3 is 0 Å². The van der Waals surface area contributed by atoms with E-state index in [1.807, 2.05) is 0 Å². The molecule has 3 nitrogen and oxygen atoms in total. The lowest BCUT2D eigenvalue weighted by molar-refractivity contribution is -0.102. The standard InChI is InChI=1S/C18H30N2O/c1-5-21-18(10-6-7-14(3)12-18)17(20-19)16-11-13(2)8-9-15(16)4/h8-9,11,14,17,20H,5-7,10,12,19H2,1-4H3. The summed E-state index contributed by atoms with van der Waals surface area (Å²) in [7, 11) is 0. The molecule has 3 heteroatoms. The first-order chi connectivity index (χ1) is 10.0. The molecule has 0 radical (unpaired) electrons. The zero-order valence-corrected chi connectivity index (χ0v) is 13.9. The van der Waals surface area contributed by atoms with Gasteiger partial charge < -0.3 is 4.74 Å². The third-order valence-electron chi connectivity index (χ3n) is 4.86.